The maximum absolute atomic E-state index is 9.52. The highest BCUT2D eigenvalue weighted by Gasteiger charge is 2.23. The minimum absolute atomic E-state index is 0.148. The molecule has 0 spiro atoms. The van der Waals surface area contributed by atoms with Crippen molar-refractivity contribution in [1.82, 2.24) is 5.32 Å². The minimum atomic E-state index is -0.222. The zero-order valence-corrected chi connectivity index (χ0v) is 13.5. The van der Waals surface area contributed by atoms with E-state index in [9.17, 15) is 5.11 Å². The molecule has 1 unspecified atom stereocenters. The van der Waals surface area contributed by atoms with Gasteiger partial charge in [-0.1, -0.05) is 31.5 Å². The van der Waals surface area contributed by atoms with Crippen LogP contribution in [-0.4, -0.2) is 29.9 Å². The summed E-state index contributed by atoms with van der Waals surface area (Å²) < 4.78 is 5.83. The number of ether oxygens (including phenoxy) is 1. The van der Waals surface area contributed by atoms with Crippen molar-refractivity contribution in [2.24, 2.45) is 0 Å². The Bertz CT molecular complexity index is 417. The highest BCUT2D eigenvalue weighted by Crippen LogP contribution is 2.20. The molecular weight excluding hydrogens is 250 g/mol. The Hall–Kier alpha value is -1.06. The van der Waals surface area contributed by atoms with Crippen LogP contribution in [0.25, 0.3) is 0 Å². The Morgan fingerprint density at radius 1 is 1.30 bits per heavy atom. The number of benzene rings is 1. The number of nitrogens with one attached hydrogen (secondary N) is 1. The monoisotopic (exact) mass is 279 g/mol. The van der Waals surface area contributed by atoms with Crippen molar-refractivity contribution >= 4 is 0 Å². The molecule has 1 aromatic carbocycles. The summed E-state index contributed by atoms with van der Waals surface area (Å²) in [5.74, 6) is 0.957. The predicted molar refractivity (Wildman–Crippen MR) is 84.4 cm³/mol. The maximum Gasteiger partial charge on any atom is 0.122 e. The lowest BCUT2D eigenvalue weighted by molar-refractivity contribution is 0.147. The van der Waals surface area contributed by atoms with Crippen LogP contribution in [-0.2, 0) is 0 Å². The fraction of sp³-hybridized carbons (Fsp3) is 0.647. The van der Waals surface area contributed by atoms with Crippen LogP contribution in [0.4, 0.5) is 0 Å². The van der Waals surface area contributed by atoms with E-state index >= 15 is 0 Å². The average molecular weight is 279 g/mol. The van der Waals surface area contributed by atoms with Crippen molar-refractivity contribution in [2.75, 3.05) is 13.2 Å². The Kier molecular flexibility index (Phi) is 6.50. The molecule has 1 atom stereocenters. The standard InChI is InChI=1S/C17H29NO2/c1-13(2)18-17(5,12-19)9-6-10-20-16-8-7-14(3)11-15(16)4/h7-8,11,13,18-19H,6,9-10,12H2,1-5H3. The molecule has 0 fully saturated rings. The highest BCUT2D eigenvalue weighted by atomic mass is 16.5. The van der Waals surface area contributed by atoms with Crippen molar-refractivity contribution in [2.45, 2.75) is 59.0 Å². The van der Waals surface area contributed by atoms with Gasteiger partial charge in [-0.2, -0.15) is 0 Å². The molecule has 0 aliphatic heterocycles. The summed E-state index contributed by atoms with van der Waals surface area (Å²) in [4.78, 5) is 0. The first kappa shape index (κ1) is 17.0. The summed E-state index contributed by atoms with van der Waals surface area (Å²) in [5, 5.41) is 12.9. The Labute approximate surface area is 123 Å². The van der Waals surface area contributed by atoms with Crippen LogP contribution in [0.5, 0.6) is 5.75 Å². The molecule has 0 heterocycles. The fourth-order valence-corrected chi connectivity index (χ4v) is 2.50. The molecule has 1 aromatic rings. The van der Waals surface area contributed by atoms with E-state index in [4.69, 9.17) is 4.74 Å². The molecular formula is C17H29NO2. The van der Waals surface area contributed by atoms with Gasteiger partial charge >= 0.3 is 0 Å². The third-order valence-electron chi connectivity index (χ3n) is 3.45. The molecule has 20 heavy (non-hydrogen) atoms. The van der Waals surface area contributed by atoms with Crippen LogP contribution in [0.1, 0.15) is 44.7 Å². The van der Waals surface area contributed by atoms with E-state index in [2.05, 4.69) is 52.1 Å². The first-order valence-electron chi connectivity index (χ1n) is 7.45. The van der Waals surface area contributed by atoms with Gasteiger partial charge in [-0.3, -0.25) is 0 Å². The molecule has 0 saturated heterocycles. The lowest BCUT2D eigenvalue weighted by atomic mass is 9.96. The van der Waals surface area contributed by atoms with Gasteiger partial charge in [-0.05, 0) is 45.2 Å². The maximum atomic E-state index is 9.52. The number of hydrogen-bond donors (Lipinski definition) is 2. The third kappa shape index (κ3) is 5.51. The zero-order chi connectivity index (χ0) is 15.2. The molecule has 0 aliphatic rings. The van der Waals surface area contributed by atoms with E-state index in [-0.39, 0.29) is 12.1 Å². The first-order chi connectivity index (χ1) is 9.36. The van der Waals surface area contributed by atoms with Crippen LogP contribution in [0.2, 0.25) is 0 Å². The van der Waals surface area contributed by atoms with Gasteiger partial charge < -0.3 is 15.2 Å². The highest BCUT2D eigenvalue weighted by molar-refractivity contribution is 5.35. The van der Waals surface area contributed by atoms with Crippen molar-refractivity contribution in [3.63, 3.8) is 0 Å². The molecule has 0 amide bonds. The van der Waals surface area contributed by atoms with E-state index in [0.29, 0.717) is 12.6 Å². The van der Waals surface area contributed by atoms with Gasteiger partial charge in [0.2, 0.25) is 0 Å². The molecule has 114 valence electrons. The summed E-state index contributed by atoms with van der Waals surface area (Å²) in [6.07, 6.45) is 1.82. The van der Waals surface area contributed by atoms with Gasteiger partial charge in [-0.25, -0.2) is 0 Å². The van der Waals surface area contributed by atoms with Crippen LogP contribution in [0.3, 0.4) is 0 Å². The number of aryl methyl sites for hydroxylation is 2. The van der Waals surface area contributed by atoms with Crippen molar-refractivity contribution < 1.29 is 9.84 Å². The van der Waals surface area contributed by atoms with E-state index < -0.39 is 0 Å². The van der Waals surface area contributed by atoms with E-state index in [1.165, 1.54) is 11.1 Å². The lowest BCUT2D eigenvalue weighted by Gasteiger charge is -2.31. The number of aliphatic hydroxyl groups is 1. The Morgan fingerprint density at radius 3 is 2.55 bits per heavy atom. The number of rotatable bonds is 8. The molecule has 0 aromatic heterocycles. The molecule has 0 aliphatic carbocycles. The smallest absolute Gasteiger partial charge is 0.122 e. The zero-order valence-electron chi connectivity index (χ0n) is 13.5. The van der Waals surface area contributed by atoms with Crippen LogP contribution >= 0.6 is 0 Å². The van der Waals surface area contributed by atoms with Crippen molar-refractivity contribution in [1.29, 1.82) is 0 Å². The molecule has 3 heteroatoms. The van der Waals surface area contributed by atoms with Gasteiger partial charge in [0.1, 0.15) is 5.75 Å². The fourth-order valence-electron chi connectivity index (χ4n) is 2.50. The van der Waals surface area contributed by atoms with Crippen LogP contribution < -0.4 is 10.1 Å². The molecule has 3 nitrogen and oxygen atoms in total. The first-order valence-corrected chi connectivity index (χ1v) is 7.45. The minimum Gasteiger partial charge on any atom is -0.493 e. The summed E-state index contributed by atoms with van der Waals surface area (Å²) in [6, 6.07) is 6.60. The van der Waals surface area contributed by atoms with E-state index in [1.807, 2.05) is 6.07 Å². The van der Waals surface area contributed by atoms with Crippen molar-refractivity contribution in [3.8, 4) is 5.75 Å². The Balaban J connectivity index is 2.40. The average Bonchev–Trinajstić information content (AvgIpc) is 2.36. The Morgan fingerprint density at radius 2 is 2.00 bits per heavy atom. The molecule has 2 N–H and O–H groups in total. The summed E-state index contributed by atoms with van der Waals surface area (Å²) in [7, 11) is 0. The van der Waals surface area contributed by atoms with Gasteiger partial charge in [0.15, 0.2) is 0 Å². The van der Waals surface area contributed by atoms with E-state index in [0.717, 1.165) is 18.6 Å². The van der Waals surface area contributed by atoms with Gasteiger partial charge in [-0.15, -0.1) is 0 Å². The molecule has 1 rings (SSSR count). The number of aliphatic hydroxyl groups excluding tert-OH is 1. The summed E-state index contributed by atoms with van der Waals surface area (Å²) in [5.41, 5.74) is 2.21. The quantitative estimate of drug-likeness (QED) is 0.718. The topological polar surface area (TPSA) is 41.5 Å². The molecule has 0 radical (unpaired) electrons. The van der Waals surface area contributed by atoms with Gasteiger partial charge in [0.25, 0.3) is 0 Å². The second kappa shape index (κ2) is 7.65. The van der Waals surface area contributed by atoms with Crippen molar-refractivity contribution in [3.05, 3.63) is 29.3 Å². The third-order valence-corrected chi connectivity index (χ3v) is 3.45. The van der Waals surface area contributed by atoms with Crippen LogP contribution in [0.15, 0.2) is 18.2 Å². The number of hydrogen-bond acceptors (Lipinski definition) is 3. The largest absolute Gasteiger partial charge is 0.493 e. The second-order valence-electron chi connectivity index (χ2n) is 6.24. The second-order valence-corrected chi connectivity index (χ2v) is 6.24. The summed E-state index contributed by atoms with van der Waals surface area (Å²) in [6.45, 7) is 11.2. The van der Waals surface area contributed by atoms with Gasteiger partial charge in [0.05, 0.1) is 13.2 Å². The predicted octanol–water partition coefficient (Wildman–Crippen LogP) is 3.21. The van der Waals surface area contributed by atoms with Crippen LogP contribution in [0, 0.1) is 13.8 Å². The molecule has 0 saturated carbocycles. The normalized spacial score (nSPS) is 14.3. The molecule has 0 bridgehead atoms. The lowest BCUT2D eigenvalue weighted by Crippen LogP contribution is -2.49. The van der Waals surface area contributed by atoms with Gasteiger partial charge in [0, 0.05) is 11.6 Å². The van der Waals surface area contributed by atoms with E-state index in [1.54, 1.807) is 0 Å². The summed E-state index contributed by atoms with van der Waals surface area (Å²) >= 11 is 0. The SMILES string of the molecule is Cc1ccc(OCCCC(C)(CO)NC(C)C)c(C)c1.